The molecule has 1 N–H and O–H groups in total. The fourth-order valence-electron chi connectivity index (χ4n) is 2.01. The predicted molar refractivity (Wildman–Crippen MR) is 53.7 cm³/mol. The zero-order valence-corrected chi connectivity index (χ0v) is 8.72. The fraction of sp³-hybridized carbons (Fsp3) is 1.00. The van der Waals surface area contributed by atoms with E-state index in [0.717, 1.165) is 19.6 Å². The van der Waals surface area contributed by atoms with Gasteiger partial charge in [0.2, 0.25) is 0 Å². The maximum atomic E-state index is 11.9. The molecular formula is C10H21FN2. The molecule has 0 spiro atoms. The van der Waals surface area contributed by atoms with E-state index in [9.17, 15) is 4.39 Å². The Kier molecular flexibility index (Phi) is 4.67. The van der Waals surface area contributed by atoms with Gasteiger partial charge in [0, 0.05) is 12.6 Å². The summed E-state index contributed by atoms with van der Waals surface area (Å²) in [4.78, 5) is 2.36. The number of alkyl halides is 1. The molecule has 0 amide bonds. The molecule has 0 saturated carbocycles. The number of rotatable bonds is 4. The quantitative estimate of drug-likeness (QED) is 0.668. The van der Waals surface area contributed by atoms with Crippen molar-refractivity contribution >= 4 is 0 Å². The van der Waals surface area contributed by atoms with Crippen LogP contribution in [-0.2, 0) is 0 Å². The Bertz CT molecular complexity index is 141. The first-order valence-corrected chi connectivity index (χ1v) is 5.22. The monoisotopic (exact) mass is 188 g/mol. The number of hydrogen-bond acceptors (Lipinski definition) is 2. The molecule has 0 radical (unpaired) electrons. The van der Waals surface area contributed by atoms with E-state index in [1.807, 2.05) is 0 Å². The van der Waals surface area contributed by atoms with E-state index in [-0.39, 0.29) is 6.67 Å². The molecule has 0 aromatic rings. The predicted octanol–water partition coefficient (Wildman–Crippen LogP) is 1.28. The summed E-state index contributed by atoms with van der Waals surface area (Å²) in [6, 6.07) is 0.600. The largest absolute Gasteiger partial charge is 0.314 e. The van der Waals surface area contributed by atoms with Crippen LogP contribution in [0.5, 0.6) is 0 Å². The minimum atomic E-state index is -0.200. The van der Waals surface area contributed by atoms with Crippen molar-refractivity contribution in [3.8, 4) is 0 Å². The molecular weight excluding hydrogens is 167 g/mol. The van der Waals surface area contributed by atoms with Gasteiger partial charge >= 0.3 is 0 Å². The molecule has 1 heterocycles. The van der Waals surface area contributed by atoms with Crippen LogP contribution in [0.25, 0.3) is 0 Å². The summed E-state index contributed by atoms with van der Waals surface area (Å²) in [5.41, 5.74) is 0. The summed E-state index contributed by atoms with van der Waals surface area (Å²) in [7, 11) is 2.16. The summed E-state index contributed by atoms with van der Waals surface area (Å²) >= 11 is 0. The summed E-state index contributed by atoms with van der Waals surface area (Å²) in [5.74, 6) is 0.693. The lowest BCUT2D eigenvalue weighted by atomic mass is 9.94. The van der Waals surface area contributed by atoms with Crippen LogP contribution in [0.2, 0.25) is 0 Å². The Morgan fingerprint density at radius 1 is 1.54 bits per heavy atom. The summed E-state index contributed by atoms with van der Waals surface area (Å²) in [6.07, 6.45) is 1.85. The van der Waals surface area contributed by atoms with E-state index in [0.29, 0.717) is 18.4 Å². The summed E-state index contributed by atoms with van der Waals surface area (Å²) in [5, 5.41) is 3.43. The van der Waals surface area contributed by atoms with Crippen molar-refractivity contribution in [1.82, 2.24) is 10.2 Å². The molecule has 2 atom stereocenters. The van der Waals surface area contributed by atoms with Crippen LogP contribution >= 0.6 is 0 Å². The van der Waals surface area contributed by atoms with Crippen molar-refractivity contribution < 1.29 is 4.39 Å². The zero-order chi connectivity index (χ0) is 9.68. The van der Waals surface area contributed by atoms with Gasteiger partial charge in [0.15, 0.2) is 0 Å². The molecule has 2 unspecified atom stereocenters. The van der Waals surface area contributed by atoms with Gasteiger partial charge in [0.25, 0.3) is 0 Å². The number of piperidine rings is 1. The molecule has 0 aliphatic carbocycles. The van der Waals surface area contributed by atoms with E-state index in [2.05, 4.69) is 24.2 Å². The van der Waals surface area contributed by atoms with Gasteiger partial charge in [0.05, 0.1) is 6.67 Å². The number of nitrogens with one attached hydrogen (secondary N) is 1. The average Bonchev–Trinajstić information content (AvgIpc) is 2.09. The average molecular weight is 188 g/mol. The van der Waals surface area contributed by atoms with E-state index in [1.54, 1.807) is 0 Å². The Morgan fingerprint density at radius 3 is 2.92 bits per heavy atom. The van der Waals surface area contributed by atoms with Crippen LogP contribution in [0.3, 0.4) is 0 Å². The molecule has 2 nitrogen and oxygen atoms in total. The molecule has 78 valence electrons. The maximum Gasteiger partial charge on any atom is 0.0906 e. The Balaban J connectivity index is 2.18. The molecule has 13 heavy (non-hydrogen) atoms. The standard InChI is InChI=1S/C10H21FN2/c1-9-8-13(2)7-4-10(9)12-6-3-5-11/h9-10,12H,3-8H2,1-2H3. The summed E-state index contributed by atoms with van der Waals surface area (Å²) in [6.45, 7) is 5.22. The number of halogens is 1. The van der Waals surface area contributed by atoms with Crippen molar-refractivity contribution in [1.29, 1.82) is 0 Å². The number of hydrogen-bond donors (Lipinski definition) is 1. The minimum Gasteiger partial charge on any atom is -0.314 e. The lowest BCUT2D eigenvalue weighted by Crippen LogP contribution is -2.47. The fourth-order valence-corrected chi connectivity index (χ4v) is 2.01. The van der Waals surface area contributed by atoms with Crippen molar-refractivity contribution in [2.75, 3.05) is 33.4 Å². The second-order valence-electron chi connectivity index (χ2n) is 4.13. The Morgan fingerprint density at radius 2 is 2.31 bits per heavy atom. The van der Waals surface area contributed by atoms with Crippen LogP contribution in [0.4, 0.5) is 4.39 Å². The molecule has 1 fully saturated rings. The highest BCUT2D eigenvalue weighted by Crippen LogP contribution is 2.14. The Labute approximate surface area is 80.5 Å². The summed E-state index contributed by atoms with van der Waals surface area (Å²) < 4.78 is 11.9. The van der Waals surface area contributed by atoms with E-state index in [4.69, 9.17) is 0 Å². The van der Waals surface area contributed by atoms with E-state index < -0.39 is 0 Å². The van der Waals surface area contributed by atoms with Gasteiger partial charge in [0.1, 0.15) is 0 Å². The van der Waals surface area contributed by atoms with Crippen molar-refractivity contribution in [3.63, 3.8) is 0 Å². The molecule has 0 aromatic heterocycles. The van der Waals surface area contributed by atoms with Gasteiger partial charge in [-0.2, -0.15) is 0 Å². The Hall–Kier alpha value is -0.150. The van der Waals surface area contributed by atoms with Crippen molar-refractivity contribution in [2.24, 2.45) is 5.92 Å². The molecule has 1 aliphatic heterocycles. The third-order valence-electron chi connectivity index (χ3n) is 2.83. The van der Waals surface area contributed by atoms with Gasteiger partial charge in [-0.3, -0.25) is 4.39 Å². The SMILES string of the molecule is CC1CN(C)CCC1NCCCF. The van der Waals surface area contributed by atoms with E-state index >= 15 is 0 Å². The molecule has 1 aliphatic rings. The molecule has 1 rings (SSSR count). The lowest BCUT2D eigenvalue weighted by Gasteiger charge is -2.35. The zero-order valence-electron chi connectivity index (χ0n) is 8.72. The first kappa shape index (κ1) is 10.9. The second kappa shape index (κ2) is 5.55. The van der Waals surface area contributed by atoms with Crippen molar-refractivity contribution in [2.45, 2.75) is 25.8 Å². The highest BCUT2D eigenvalue weighted by atomic mass is 19.1. The topological polar surface area (TPSA) is 15.3 Å². The molecule has 0 bridgehead atoms. The first-order chi connectivity index (χ1) is 6.24. The van der Waals surface area contributed by atoms with Crippen LogP contribution in [0.1, 0.15) is 19.8 Å². The van der Waals surface area contributed by atoms with Crippen LogP contribution in [-0.4, -0.2) is 44.3 Å². The van der Waals surface area contributed by atoms with Gasteiger partial charge in [-0.05, 0) is 38.9 Å². The number of likely N-dealkylation sites (tertiary alicyclic amines) is 1. The smallest absolute Gasteiger partial charge is 0.0906 e. The van der Waals surface area contributed by atoms with Crippen LogP contribution in [0, 0.1) is 5.92 Å². The maximum absolute atomic E-state index is 11.9. The number of nitrogens with zero attached hydrogens (tertiary/aromatic N) is 1. The van der Waals surface area contributed by atoms with Gasteiger partial charge < -0.3 is 10.2 Å². The normalized spacial score (nSPS) is 30.7. The molecule has 0 aromatic carbocycles. The second-order valence-corrected chi connectivity index (χ2v) is 4.13. The van der Waals surface area contributed by atoms with Gasteiger partial charge in [-0.15, -0.1) is 0 Å². The first-order valence-electron chi connectivity index (χ1n) is 5.22. The highest BCUT2D eigenvalue weighted by Gasteiger charge is 2.22. The van der Waals surface area contributed by atoms with Gasteiger partial charge in [-0.1, -0.05) is 6.92 Å². The lowest BCUT2D eigenvalue weighted by molar-refractivity contribution is 0.174. The molecule has 1 saturated heterocycles. The van der Waals surface area contributed by atoms with Crippen molar-refractivity contribution in [3.05, 3.63) is 0 Å². The molecule has 3 heteroatoms. The van der Waals surface area contributed by atoms with Crippen LogP contribution in [0.15, 0.2) is 0 Å². The van der Waals surface area contributed by atoms with Gasteiger partial charge in [-0.25, -0.2) is 0 Å². The van der Waals surface area contributed by atoms with Crippen LogP contribution < -0.4 is 5.32 Å². The third kappa shape index (κ3) is 3.61. The third-order valence-corrected chi connectivity index (χ3v) is 2.83. The highest BCUT2D eigenvalue weighted by molar-refractivity contribution is 4.81. The van der Waals surface area contributed by atoms with E-state index in [1.165, 1.54) is 6.42 Å². The minimum absolute atomic E-state index is 0.200.